The van der Waals surface area contributed by atoms with Gasteiger partial charge in [-0.3, -0.25) is 4.79 Å². The Kier molecular flexibility index (Phi) is 4.69. The SMILES string of the molecule is O=C(C=Cc1ccc(Cc2ncc[nH]2)cc1)c1cccc(Cl)c1. The van der Waals surface area contributed by atoms with Crippen LogP contribution in [0, 0.1) is 0 Å². The summed E-state index contributed by atoms with van der Waals surface area (Å²) >= 11 is 5.90. The summed E-state index contributed by atoms with van der Waals surface area (Å²) in [4.78, 5) is 19.4. The maximum Gasteiger partial charge on any atom is 0.185 e. The fourth-order valence-corrected chi connectivity index (χ4v) is 2.43. The zero-order valence-corrected chi connectivity index (χ0v) is 13.1. The second-order valence-electron chi connectivity index (χ2n) is 5.16. The molecule has 0 spiro atoms. The molecule has 4 heteroatoms. The summed E-state index contributed by atoms with van der Waals surface area (Å²) in [5.41, 5.74) is 2.73. The van der Waals surface area contributed by atoms with Gasteiger partial charge in [-0.2, -0.15) is 0 Å². The number of imidazole rings is 1. The third kappa shape index (κ3) is 4.18. The number of carbonyl (C=O) groups is 1. The predicted octanol–water partition coefficient (Wildman–Crippen LogP) is 4.55. The molecule has 1 aromatic heterocycles. The first kappa shape index (κ1) is 15.3. The maximum absolute atomic E-state index is 12.1. The van der Waals surface area contributed by atoms with E-state index >= 15 is 0 Å². The molecule has 2 aromatic carbocycles. The van der Waals surface area contributed by atoms with Gasteiger partial charge in [0.25, 0.3) is 0 Å². The molecule has 0 fully saturated rings. The molecule has 0 aliphatic heterocycles. The number of hydrogen-bond donors (Lipinski definition) is 1. The third-order valence-corrected chi connectivity index (χ3v) is 3.68. The summed E-state index contributed by atoms with van der Waals surface area (Å²) in [6, 6.07) is 15.0. The molecule has 0 aliphatic rings. The highest BCUT2D eigenvalue weighted by Gasteiger charge is 2.02. The number of allylic oxidation sites excluding steroid dienone is 1. The van der Waals surface area contributed by atoms with Crippen molar-refractivity contribution < 1.29 is 4.79 Å². The van der Waals surface area contributed by atoms with Crippen molar-refractivity contribution in [3.8, 4) is 0 Å². The van der Waals surface area contributed by atoms with Gasteiger partial charge in [-0.15, -0.1) is 0 Å². The van der Waals surface area contributed by atoms with Gasteiger partial charge in [-0.1, -0.05) is 54.1 Å². The Morgan fingerprint density at radius 1 is 1.17 bits per heavy atom. The summed E-state index contributed by atoms with van der Waals surface area (Å²) in [6.07, 6.45) is 7.69. The maximum atomic E-state index is 12.1. The number of benzene rings is 2. The molecule has 3 aromatic rings. The van der Waals surface area contributed by atoms with Gasteiger partial charge in [0.05, 0.1) is 0 Å². The molecule has 0 radical (unpaired) electrons. The largest absolute Gasteiger partial charge is 0.348 e. The molecule has 0 aliphatic carbocycles. The van der Waals surface area contributed by atoms with E-state index in [-0.39, 0.29) is 5.78 Å². The lowest BCUT2D eigenvalue weighted by Gasteiger charge is -2.00. The number of halogens is 1. The molecular formula is C19H15ClN2O. The number of rotatable bonds is 5. The Labute approximate surface area is 139 Å². The van der Waals surface area contributed by atoms with Crippen molar-refractivity contribution in [1.29, 1.82) is 0 Å². The average molecular weight is 323 g/mol. The fourth-order valence-electron chi connectivity index (χ4n) is 2.24. The summed E-state index contributed by atoms with van der Waals surface area (Å²) < 4.78 is 0. The summed E-state index contributed by atoms with van der Waals surface area (Å²) in [5, 5.41) is 0.562. The Morgan fingerprint density at radius 3 is 2.70 bits per heavy atom. The predicted molar refractivity (Wildman–Crippen MR) is 92.7 cm³/mol. The zero-order chi connectivity index (χ0) is 16.1. The second-order valence-corrected chi connectivity index (χ2v) is 5.60. The van der Waals surface area contributed by atoms with Crippen LogP contribution in [0.3, 0.4) is 0 Å². The molecule has 3 rings (SSSR count). The lowest BCUT2D eigenvalue weighted by atomic mass is 10.1. The van der Waals surface area contributed by atoms with E-state index in [4.69, 9.17) is 11.6 Å². The number of nitrogens with zero attached hydrogens (tertiary/aromatic N) is 1. The second kappa shape index (κ2) is 7.07. The van der Waals surface area contributed by atoms with E-state index in [1.54, 1.807) is 42.6 Å². The molecule has 0 bridgehead atoms. The Balaban J connectivity index is 1.66. The monoisotopic (exact) mass is 322 g/mol. The van der Waals surface area contributed by atoms with Crippen molar-refractivity contribution in [3.05, 3.63) is 94.5 Å². The summed E-state index contributed by atoms with van der Waals surface area (Å²) in [6.45, 7) is 0. The zero-order valence-electron chi connectivity index (χ0n) is 12.4. The van der Waals surface area contributed by atoms with Crippen LogP contribution < -0.4 is 0 Å². The molecule has 0 saturated heterocycles. The number of aromatic nitrogens is 2. The molecule has 0 unspecified atom stereocenters. The number of nitrogens with one attached hydrogen (secondary N) is 1. The van der Waals surface area contributed by atoms with Crippen LogP contribution in [0.1, 0.15) is 27.3 Å². The Morgan fingerprint density at radius 2 is 2.00 bits per heavy atom. The first-order valence-corrected chi connectivity index (χ1v) is 7.64. The fraction of sp³-hybridized carbons (Fsp3) is 0.0526. The van der Waals surface area contributed by atoms with Gasteiger partial charge in [0.15, 0.2) is 5.78 Å². The molecule has 3 nitrogen and oxygen atoms in total. The van der Waals surface area contributed by atoms with E-state index in [0.717, 1.165) is 17.8 Å². The van der Waals surface area contributed by atoms with Crippen LogP contribution in [0.4, 0.5) is 0 Å². The molecular weight excluding hydrogens is 308 g/mol. The summed E-state index contributed by atoms with van der Waals surface area (Å²) in [7, 11) is 0. The van der Waals surface area contributed by atoms with E-state index in [9.17, 15) is 4.79 Å². The number of aromatic amines is 1. The van der Waals surface area contributed by atoms with E-state index in [1.807, 2.05) is 30.5 Å². The lowest BCUT2D eigenvalue weighted by molar-refractivity contribution is 0.104. The minimum Gasteiger partial charge on any atom is -0.348 e. The smallest absolute Gasteiger partial charge is 0.185 e. The van der Waals surface area contributed by atoms with E-state index in [0.29, 0.717) is 10.6 Å². The number of carbonyl (C=O) groups excluding carboxylic acids is 1. The van der Waals surface area contributed by atoms with Crippen LogP contribution >= 0.6 is 11.6 Å². The topological polar surface area (TPSA) is 45.8 Å². The van der Waals surface area contributed by atoms with E-state index < -0.39 is 0 Å². The minimum absolute atomic E-state index is 0.0628. The highest BCUT2D eigenvalue weighted by molar-refractivity contribution is 6.31. The first-order chi connectivity index (χ1) is 11.2. The molecule has 0 saturated carbocycles. The van der Waals surface area contributed by atoms with Gasteiger partial charge < -0.3 is 4.98 Å². The van der Waals surface area contributed by atoms with E-state index in [1.165, 1.54) is 5.56 Å². The Hall–Kier alpha value is -2.65. The van der Waals surface area contributed by atoms with Crippen molar-refractivity contribution in [3.63, 3.8) is 0 Å². The van der Waals surface area contributed by atoms with Gasteiger partial charge in [0.1, 0.15) is 5.82 Å². The van der Waals surface area contributed by atoms with Crippen molar-refractivity contribution in [2.24, 2.45) is 0 Å². The molecule has 1 heterocycles. The van der Waals surface area contributed by atoms with Crippen molar-refractivity contribution in [1.82, 2.24) is 9.97 Å². The molecule has 0 atom stereocenters. The van der Waals surface area contributed by atoms with Crippen LogP contribution in [-0.4, -0.2) is 15.8 Å². The van der Waals surface area contributed by atoms with E-state index in [2.05, 4.69) is 9.97 Å². The Bertz CT molecular complexity index is 821. The number of ketones is 1. The summed E-state index contributed by atoms with van der Waals surface area (Å²) in [5.74, 6) is 0.872. The van der Waals surface area contributed by atoms with Crippen molar-refractivity contribution >= 4 is 23.5 Å². The van der Waals surface area contributed by atoms with Gasteiger partial charge >= 0.3 is 0 Å². The van der Waals surface area contributed by atoms with Gasteiger partial charge in [-0.05, 0) is 29.3 Å². The van der Waals surface area contributed by atoms with Crippen molar-refractivity contribution in [2.75, 3.05) is 0 Å². The van der Waals surface area contributed by atoms with Gasteiger partial charge in [-0.25, -0.2) is 4.98 Å². The number of hydrogen-bond acceptors (Lipinski definition) is 2. The van der Waals surface area contributed by atoms with Crippen LogP contribution in [-0.2, 0) is 6.42 Å². The highest BCUT2D eigenvalue weighted by atomic mass is 35.5. The van der Waals surface area contributed by atoms with Crippen molar-refractivity contribution in [2.45, 2.75) is 6.42 Å². The molecule has 114 valence electrons. The standard InChI is InChI=1S/C19H15ClN2O/c20-17-3-1-2-16(13-17)18(23)9-8-14-4-6-15(7-5-14)12-19-21-10-11-22-19/h1-11,13H,12H2,(H,21,22). The number of H-pyrrole nitrogens is 1. The highest BCUT2D eigenvalue weighted by Crippen LogP contribution is 2.13. The minimum atomic E-state index is -0.0628. The quantitative estimate of drug-likeness (QED) is 0.553. The first-order valence-electron chi connectivity index (χ1n) is 7.26. The molecule has 1 N–H and O–H groups in total. The van der Waals surface area contributed by atoms with Gasteiger partial charge in [0, 0.05) is 29.4 Å². The van der Waals surface area contributed by atoms with Crippen LogP contribution in [0.25, 0.3) is 6.08 Å². The molecule has 23 heavy (non-hydrogen) atoms. The third-order valence-electron chi connectivity index (χ3n) is 3.44. The van der Waals surface area contributed by atoms with Crippen LogP contribution in [0.5, 0.6) is 0 Å². The molecule has 0 amide bonds. The van der Waals surface area contributed by atoms with Gasteiger partial charge in [0.2, 0.25) is 0 Å². The average Bonchev–Trinajstić information content (AvgIpc) is 3.07. The van der Waals surface area contributed by atoms with Crippen LogP contribution in [0.2, 0.25) is 5.02 Å². The normalized spacial score (nSPS) is 11.0. The lowest BCUT2D eigenvalue weighted by Crippen LogP contribution is -1.93. The van der Waals surface area contributed by atoms with Crippen LogP contribution in [0.15, 0.2) is 67.0 Å².